The molecule has 0 saturated carbocycles. The molecule has 0 spiro atoms. The highest BCUT2D eigenvalue weighted by atomic mass is 32.1. The third-order valence-electron chi connectivity index (χ3n) is 8.98. The molecule has 0 saturated heterocycles. The van der Waals surface area contributed by atoms with Crippen LogP contribution in [0, 0.1) is 0 Å². The number of aliphatic carboxylic acids is 1. The summed E-state index contributed by atoms with van der Waals surface area (Å²) in [7, 11) is 0. The number of fused-ring (bicyclic) bond motifs is 16. The monoisotopic (exact) mass is 744 g/mol. The van der Waals surface area contributed by atoms with Crippen LogP contribution in [0.1, 0.15) is 21.6 Å². The normalized spacial score (nSPS) is 18.7. The van der Waals surface area contributed by atoms with E-state index < -0.39 is 54.3 Å². The Morgan fingerprint density at radius 1 is 0.704 bits per heavy atom. The molecular formula is C42H40N4O7S. The average molecular weight is 745 g/mol. The summed E-state index contributed by atoms with van der Waals surface area (Å²) in [5.41, 5.74) is 4.08. The molecule has 12 heteroatoms. The molecule has 2 bridgehead atoms. The number of carbonyl (C=O) groups excluding carboxylic acids is 4. The van der Waals surface area contributed by atoms with Crippen molar-refractivity contribution in [3.8, 4) is 16.9 Å². The molecule has 2 aliphatic rings. The largest absolute Gasteiger partial charge is 0.484 e. The van der Waals surface area contributed by atoms with Gasteiger partial charge in [-0.1, -0.05) is 103 Å². The first-order valence-electron chi connectivity index (χ1n) is 17.5. The molecule has 0 aliphatic carbocycles. The van der Waals surface area contributed by atoms with Crippen molar-refractivity contribution in [1.29, 1.82) is 0 Å². The maximum atomic E-state index is 14.7. The van der Waals surface area contributed by atoms with E-state index in [2.05, 4.69) is 16.0 Å². The number of thiophene rings is 1. The van der Waals surface area contributed by atoms with E-state index in [1.54, 1.807) is 24.3 Å². The van der Waals surface area contributed by atoms with Gasteiger partial charge in [0.2, 0.25) is 17.7 Å². The molecular weight excluding hydrogens is 705 g/mol. The zero-order valence-corrected chi connectivity index (χ0v) is 30.2. The molecule has 0 unspecified atom stereocenters. The summed E-state index contributed by atoms with van der Waals surface area (Å²) in [6, 6.07) is 33.3. The van der Waals surface area contributed by atoms with Crippen molar-refractivity contribution < 1.29 is 33.8 Å². The Kier molecular flexibility index (Phi) is 12.5. The minimum absolute atomic E-state index is 0.0122. The summed E-state index contributed by atoms with van der Waals surface area (Å²) < 4.78 is 5.69. The van der Waals surface area contributed by atoms with Gasteiger partial charge in [-0.05, 0) is 51.4 Å². The van der Waals surface area contributed by atoms with Crippen molar-refractivity contribution in [2.75, 3.05) is 13.2 Å². The van der Waals surface area contributed by atoms with Crippen LogP contribution in [0.4, 0.5) is 0 Å². The Morgan fingerprint density at radius 2 is 1.39 bits per heavy atom. The van der Waals surface area contributed by atoms with E-state index in [0.717, 1.165) is 27.1 Å². The highest BCUT2D eigenvalue weighted by Crippen LogP contribution is 2.21. The second-order valence-electron chi connectivity index (χ2n) is 13.0. The second kappa shape index (κ2) is 18.0. The Labute approximate surface area is 317 Å². The lowest BCUT2D eigenvalue weighted by atomic mass is 9.99. The third kappa shape index (κ3) is 10.4. The number of hydrogen-bond acceptors (Lipinski definition) is 7. The topological polar surface area (TPSA) is 154 Å². The van der Waals surface area contributed by atoms with E-state index in [4.69, 9.17) is 4.74 Å². The number of rotatable bonds is 8. The summed E-state index contributed by atoms with van der Waals surface area (Å²) >= 11 is 1.43. The Bertz CT molecular complexity index is 2040. The van der Waals surface area contributed by atoms with Crippen molar-refractivity contribution in [2.24, 2.45) is 0 Å². The summed E-state index contributed by atoms with van der Waals surface area (Å²) in [4.78, 5) is 70.1. The number of amides is 4. The van der Waals surface area contributed by atoms with Gasteiger partial charge >= 0.3 is 5.97 Å². The molecule has 0 fully saturated rings. The first kappa shape index (κ1) is 37.5. The van der Waals surface area contributed by atoms with Crippen LogP contribution in [0.2, 0.25) is 0 Å². The maximum Gasteiger partial charge on any atom is 0.326 e. The zero-order valence-electron chi connectivity index (χ0n) is 29.4. The van der Waals surface area contributed by atoms with Gasteiger partial charge < -0.3 is 30.7 Å². The van der Waals surface area contributed by atoms with Gasteiger partial charge in [-0.3, -0.25) is 19.2 Å². The van der Waals surface area contributed by atoms with Crippen molar-refractivity contribution in [3.63, 3.8) is 0 Å². The molecule has 276 valence electrons. The molecule has 3 heterocycles. The Hall–Kier alpha value is -6.27. The van der Waals surface area contributed by atoms with Gasteiger partial charge in [0, 0.05) is 30.7 Å². The number of ether oxygens (including phenoxy) is 1. The van der Waals surface area contributed by atoms with E-state index in [9.17, 15) is 29.1 Å². The number of carbonyl (C=O) groups is 5. The number of nitrogens with zero attached hydrogens (tertiary/aromatic N) is 1. The fraction of sp³-hybridized carbons (Fsp3) is 0.214. The first-order chi connectivity index (χ1) is 26.2. The molecule has 2 aliphatic heterocycles. The minimum Gasteiger partial charge on any atom is -0.484 e. The molecule has 1 aromatic heterocycles. The van der Waals surface area contributed by atoms with E-state index in [0.29, 0.717) is 11.3 Å². The van der Waals surface area contributed by atoms with Crippen LogP contribution in [0.3, 0.4) is 0 Å². The van der Waals surface area contributed by atoms with Crippen molar-refractivity contribution in [3.05, 3.63) is 148 Å². The molecule has 54 heavy (non-hydrogen) atoms. The average Bonchev–Trinajstić information content (AvgIpc) is 3.70. The van der Waals surface area contributed by atoms with E-state index >= 15 is 0 Å². The number of benzene rings is 4. The van der Waals surface area contributed by atoms with Crippen LogP contribution in [-0.2, 0) is 49.8 Å². The number of carboxylic acids is 1. The summed E-state index contributed by atoms with van der Waals surface area (Å²) in [6.07, 6.45) is 0.209. The molecule has 4 aromatic carbocycles. The van der Waals surface area contributed by atoms with Crippen molar-refractivity contribution >= 4 is 40.9 Å². The summed E-state index contributed by atoms with van der Waals surface area (Å²) in [5.74, 6) is -3.24. The molecule has 3 atom stereocenters. The van der Waals surface area contributed by atoms with Crippen LogP contribution >= 0.6 is 11.3 Å². The molecule has 7 rings (SSSR count). The summed E-state index contributed by atoms with van der Waals surface area (Å²) in [6.45, 7) is -0.848. The molecule has 5 aromatic rings. The van der Waals surface area contributed by atoms with Gasteiger partial charge in [0.25, 0.3) is 5.91 Å². The second-order valence-corrected chi connectivity index (χ2v) is 14.0. The lowest BCUT2D eigenvalue weighted by Gasteiger charge is -2.29. The number of carboxylic acid groups (broad SMARTS) is 1. The fourth-order valence-electron chi connectivity index (χ4n) is 6.20. The van der Waals surface area contributed by atoms with Crippen LogP contribution < -0.4 is 20.7 Å². The van der Waals surface area contributed by atoms with Gasteiger partial charge in [-0.25, -0.2) is 4.79 Å². The quantitative estimate of drug-likeness (QED) is 0.172. The predicted octanol–water partition coefficient (Wildman–Crippen LogP) is 4.40. The highest BCUT2D eigenvalue weighted by molar-refractivity contribution is 7.09. The predicted molar refractivity (Wildman–Crippen MR) is 205 cm³/mol. The van der Waals surface area contributed by atoms with Crippen LogP contribution in [0.25, 0.3) is 11.1 Å². The van der Waals surface area contributed by atoms with Gasteiger partial charge in [-0.2, -0.15) is 0 Å². The van der Waals surface area contributed by atoms with Gasteiger partial charge in [-0.15, -0.1) is 11.3 Å². The molecule has 11 nitrogen and oxygen atoms in total. The zero-order chi connectivity index (χ0) is 37.9. The van der Waals surface area contributed by atoms with Crippen LogP contribution in [0.5, 0.6) is 5.75 Å². The van der Waals surface area contributed by atoms with Crippen LogP contribution in [-0.4, -0.2) is 70.9 Å². The lowest BCUT2D eigenvalue weighted by Crippen LogP contribution is -2.57. The van der Waals surface area contributed by atoms with Crippen molar-refractivity contribution in [1.82, 2.24) is 20.9 Å². The number of nitrogens with one attached hydrogen (secondary N) is 3. The lowest BCUT2D eigenvalue weighted by molar-refractivity contribution is -0.143. The van der Waals surface area contributed by atoms with Crippen molar-refractivity contribution in [2.45, 2.75) is 43.9 Å². The SMILES string of the molecule is O=C1CN(Cc2ccccc2)C(=O)[C@H](Cc2ccc(-c3ccccc3)cc2)NC(=O)[C@H](Cc2cccs2)NC(=O)COc2ccc(cc2)C[C@@H](C(=O)O)N1. The Morgan fingerprint density at radius 3 is 2.06 bits per heavy atom. The van der Waals surface area contributed by atoms with Gasteiger partial charge in [0.15, 0.2) is 6.61 Å². The molecule has 4 amide bonds. The fourth-order valence-corrected chi connectivity index (χ4v) is 6.95. The third-order valence-corrected chi connectivity index (χ3v) is 9.88. The first-order valence-corrected chi connectivity index (χ1v) is 18.4. The van der Waals surface area contributed by atoms with Gasteiger partial charge in [0.05, 0.1) is 6.54 Å². The van der Waals surface area contributed by atoms with Crippen LogP contribution in [0.15, 0.2) is 127 Å². The van der Waals surface area contributed by atoms with Gasteiger partial charge in [0.1, 0.15) is 23.9 Å². The Balaban J connectivity index is 1.35. The highest BCUT2D eigenvalue weighted by Gasteiger charge is 2.32. The van der Waals surface area contributed by atoms with E-state index in [1.165, 1.54) is 16.2 Å². The maximum absolute atomic E-state index is 14.7. The summed E-state index contributed by atoms with van der Waals surface area (Å²) in [5, 5.41) is 20.2. The smallest absolute Gasteiger partial charge is 0.326 e. The molecule has 0 radical (unpaired) electrons. The van der Waals surface area contributed by atoms with E-state index in [-0.39, 0.29) is 32.4 Å². The number of hydrogen-bond donors (Lipinski definition) is 4. The molecule has 4 N–H and O–H groups in total. The minimum atomic E-state index is -1.29. The standard InChI is InChI=1S/C42H40N4O7S/c47-38-26-46(25-30-8-3-1-4-9-30)41(50)36(22-28-13-17-32(18-14-28)31-10-5-2-6-11-31)45-40(49)35(24-34-12-7-21-54-34)43-39(48)27-53-33-19-15-29(16-20-33)23-37(44-38)42(51)52/h1-21,35-37H,22-27H2,(H,43,48)(H,44,47)(H,45,49)(H,51,52)/t35-,36-,37-/m0/s1. The van der Waals surface area contributed by atoms with E-state index in [1.807, 2.05) is 102 Å².